The number of aryl methyl sites for hydroxylation is 1. The van der Waals surface area contributed by atoms with Crippen LogP contribution in [-0.4, -0.2) is 34.6 Å². The molecule has 0 aromatic heterocycles. The summed E-state index contributed by atoms with van der Waals surface area (Å²) >= 11 is 0. The normalized spacial score (nSPS) is 18.4. The van der Waals surface area contributed by atoms with Gasteiger partial charge in [0.15, 0.2) is 0 Å². The maximum absolute atomic E-state index is 13.6. The van der Waals surface area contributed by atoms with Crippen molar-refractivity contribution in [2.24, 2.45) is 0 Å². The van der Waals surface area contributed by atoms with Gasteiger partial charge in [0, 0.05) is 6.54 Å². The van der Waals surface area contributed by atoms with Crippen molar-refractivity contribution < 1.29 is 19.1 Å². The van der Waals surface area contributed by atoms with Gasteiger partial charge >= 0.3 is 12.0 Å². The van der Waals surface area contributed by atoms with Gasteiger partial charge in [-0.3, -0.25) is 0 Å². The van der Waals surface area contributed by atoms with Crippen LogP contribution >= 0.6 is 0 Å². The number of carbonyl (C=O) groups excluding carboxylic acids is 1. The predicted molar refractivity (Wildman–Crippen MR) is 67.5 cm³/mol. The minimum Gasteiger partial charge on any atom is -0.480 e. The van der Waals surface area contributed by atoms with Gasteiger partial charge in [0.1, 0.15) is 11.9 Å². The fraction of sp³-hybridized carbons (Fsp3) is 0.385. The molecule has 1 aliphatic heterocycles. The van der Waals surface area contributed by atoms with Crippen LogP contribution in [0.25, 0.3) is 0 Å². The van der Waals surface area contributed by atoms with E-state index < -0.39 is 23.9 Å². The van der Waals surface area contributed by atoms with Crippen molar-refractivity contribution in [3.63, 3.8) is 0 Å². The first-order valence-electron chi connectivity index (χ1n) is 6.05. The van der Waals surface area contributed by atoms with Gasteiger partial charge in [-0.05, 0) is 37.5 Å². The Bertz CT molecular complexity index is 519. The molecule has 102 valence electrons. The molecule has 19 heavy (non-hydrogen) atoms. The summed E-state index contributed by atoms with van der Waals surface area (Å²) in [6.07, 6.45) is 1.07. The molecule has 1 aromatic carbocycles. The number of anilines is 1. The monoisotopic (exact) mass is 266 g/mol. The van der Waals surface area contributed by atoms with Crippen molar-refractivity contribution in [1.29, 1.82) is 0 Å². The van der Waals surface area contributed by atoms with E-state index in [1.165, 1.54) is 17.0 Å². The molecular formula is C13H15FN2O3. The Morgan fingerprint density at radius 3 is 2.84 bits per heavy atom. The predicted octanol–water partition coefficient (Wildman–Crippen LogP) is 2.22. The van der Waals surface area contributed by atoms with Gasteiger partial charge in [0.2, 0.25) is 0 Å². The number of rotatable bonds is 2. The van der Waals surface area contributed by atoms with Gasteiger partial charge in [0.05, 0.1) is 5.69 Å². The summed E-state index contributed by atoms with van der Waals surface area (Å²) < 4.78 is 13.6. The number of urea groups is 1. The highest BCUT2D eigenvalue weighted by Crippen LogP contribution is 2.20. The van der Waals surface area contributed by atoms with Gasteiger partial charge in [0.25, 0.3) is 0 Å². The Morgan fingerprint density at radius 1 is 1.47 bits per heavy atom. The standard InChI is InChI=1S/C13H15FN2O3/c1-8-4-5-10(9(14)7-8)15-13(19)16-6-2-3-11(16)12(17)18/h4-5,7,11H,2-3,6H2,1H3,(H,15,19)(H,17,18)/t11-/m0/s1. The first-order chi connectivity index (χ1) is 8.99. The smallest absolute Gasteiger partial charge is 0.326 e. The summed E-state index contributed by atoms with van der Waals surface area (Å²) in [5, 5.41) is 11.4. The lowest BCUT2D eigenvalue weighted by molar-refractivity contribution is -0.141. The first-order valence-corrected chi connectivity index (χ1v) is 6.05. The largest absolute Gasteiger partial charge is 0.480 e. The zero-order chi connectivity index (χ0) is 14.0. The SMILES string of the molecule is Cc1ccc(NC(=O)N2CCC[C@H]2C(=O)O)c(F)c1. The number of hydrogen-bond donors (Lipinski definition) is 2. The number of amides is 2. The summed E-state index contributed by atoms with van der Waals surface area (Å²) in [6, 6.07) is 3.06. The van der Waals surface area contributed by atoms with Gasteiger partial charge in [-0.25, -0.2) is 14.0 Å². The molecule has 0 spiro atoms. The van der Waals surface area contributed by atoms with E-state index in [4.69, 9.17) is 5.11 Å². The maximum atomic E-state index is 13.6. The van der Waals surface area contributed by atoms with E-state index in [0.717, 1.165) is 5.56 Å². The van der Waals surface area contributed by atoms with Crippen LogP contribution in [0, 0.1) is 12.7 Å². The molecule has 0 saturated carbocycles. The third-order valence-corrected chi connectivity index (χ3v) is 3.16. The zero-order valence-corrected chi connectivity index (χ0v) is 10.5. The molecule has 6 heteroatoms. The van der Waals surface area contributed by atoms with Crippen LogP contribution in [0.3, 0.4) is 0 Å². The molecule has 1 atom stereocenters. The first kappa shape index (κ1) is 13.3. The number of halogens is 1. The van der Waals surface area contributed by atoms with Crippen LogP contribution in [0.15, 0.2) is 18.2 Å². The molecule has 5 nitrogen and oxygen atoms in total. The fourth-order valence-corrected chi connectivity index (χ4v) is 2.18. The number of carbonyl (C=O) groups is 2. The number of carboxylic acid groups (broad SMARTS) is 1. The number of nitrogens with zero attached hydrogens (tertiary/aromatic N) is 1. The van der Waals surface area contributed by atoms with Crippen LogP contribution in [0.4, 0.5) is 14.9 Å². The number of hydrogen-bond acceptors (Lipinski definition) is 2. The summed E-state index contributed by atoms with van der Waals surface area (Å²) in [6.45, 7) is 2.12. The topological polar surface area (TPSA) is 69.6 Å². The molecule has 1 aromatic rings. The Labute approximate surface area is 110 Å². The van der Waals surface area contributed by atoms with Crippen LogP contribution in [0.5, 0.6) is 0 Å². The summed E-state index contributed by atoms with van der Waals surface area (Å²) in [5.41, 5.74) is 0.812. The zero-order valence-electron chi connectivity index (χ0n) is 10.5. The minimum absolute atomic E-state index is 0.0617. The molecule has 1 aliphatic rings. The second-order valence-corrected chi connectivity index (χ2v) is 4.60. The third-order valence-electron chi connectivity index (χ3n) is 3.16. The Kier molecular flexibility index (Phi) is 3.69. The van der Waals surface area contributed by atoms with E-state index in [9.17, 15) is 14.0 Å². The highest BCUT2D eigenvalue weighted by atomic mass is 19.1. The second kappa shape index (κ2) is 5.26. The van der Waals surface area contributed by atoms with Crippen molar-refractivity contribution >= 4 is 17.7 Å². The number of aliphatic carboxylic acids is 1. The molecule has 2 N–H and O–H groups in total. The van der Waals surface area contributed by atoms with E-state index >= 15 is 0 Å². The molecule has 1 heterocycles. The van der Waals surface area contributed by atoms with E-state index in [0.29, 0.717) is 19.4 Å². The number of carboxylic acids is 1. The third kappa shape index (κ3) is 2.83. The van der Waals surface area contributed by atoms with Crippen LogP contribution in [0.2, 0.25) is 0 Å². The average Bonchev–Trinajstić information content (AvgIpc) is 2.82. The van der Waals surface area contributed by atoms with Crippen molar-refractivity contribution in [1.82, 2.24) is 4.90 Å². The maximum Gasteiger partial charge on any atom is 0.326 e. The van der Waals surface area contributed by atoms with Crippen LogP contribution in [-0.2, 0) is 4.79 Å². The molecule has 0 unspecified atom stereocenters. The molecule has 1 fully saturated rings. The lowest BCUT2D eigenvalue weighted by atomic mass is 10.2. The van der Waals surface area contributed by atoms with Crippen molar-refractivity contribution in [2.75, 3.05) is 11.9 Å². The molecule has 0 aliphatic carbocycles. The van der Waals surface area contributed by atoms with Gasteiger partial charge in [-0.2, -0.15) is 0 Å². The van der Waals surface area contributed by atoms with Crippen molar-refractivity contribution in [3.05, 3.63) is 29.6 Å². The van der Waals surface area contributed by atoms with Gasteiger partial charge < -0.3 is 15.3 Å². The summed E-state index contributed by atoms with van der Waals surface area (Å²) in [5.74, 6) is -1.56. The van der Waals surface area contributed by atoms with E-state index in [1.807, 2.05) is 0 Å². The number of likely N-dealkylation sites (tertiary alicyclic amines) is 1. The van der Waals surface area contributed by atoms with E-state index in [-0.39, 0.29) is 5.69 Å². The Balaban J connectivity index is 2.10. The quantitative estimate of drug-likeness (QED) is 0.862. The average molecular weight is 266 g/mol. The fourth-order valence-electron chi connectivity index (χ4n) is 2.18. The highest BCUT2D eigenvalue weighted by Gasteiger charge is 2.34. The second-order valence-electron chi connectivity index (χ2n) is 4.60. The minimum atomic E-state index is -1.03. The highest BCUT2D eigenvalue weighted by molar-refractivity contribution is 5.92. The van der Waals surface area contributed by atoms with Crippen LogP contribution < -0.4 is 5.32 Å². The molecule has 2 amide bonds. The summed E-state index contributed by atoms with van der Waals surface area (Å²) in [7, 11) is 0. The van der Waals surface area contributed by atoms with Gasteiger partial charge in [-0.15, -0.1) is 0 Å². The molecular weight excluding hydrogens is 251 g/mol. The molecule has 2 rings (SSSR count). The Morgan fingerprint density at radius 2 is 2.21 bits per heavy atom. The number of benzene rings is 1. The molecule has 0 bridgehead atoms. The molecule has 1 saturated heterocycles. The lowest BCUT2D eigenvalue weighted by Crippen LogP contribution is -2.42. The van der Waals surface area contributed by atoms with Crippen molar-refractivity contribution in [3.8, 4) is 0 Å². The number of nitrogens with one attached hydrogen (secondary N) is 1. The van der Waals surface area contributed by atoms with Crippen LogP contribution in [0.1, 0.15) is 18.4 Å². The van der Waals surface area contributed by atoms with Crippen molar-refractivity contribution in [2.45, 2.75) is 25.8 Å². The molecule has 0 radical (unpaired) electrons. The van der Waals surface area contributed by atoms with E-state index in [1.54, 1.807) is 13.0 Å². The van der Waals surface area contributed by atoms with Gasteiger partial charge in [-0.1, -0.05) is 6.07 Å². The Hall–Kier alpha value is -2.11. The summed E-state index contributed by atoms with van der Waals surface area (Å²) in [4.78, 5) is 24.2. The lowest BCUT2D eigenvalue weighted by Gasteiger charge is -2.22. The van der Waals surface area contributed by atoms with E-state index in [2.05, 4.69) is 5.32 Å².